The first kappa shape index (κ1) is 10.5. The zero-order chi connectivity index (χ0) is 10.8. The minimum absolute atomic E-state index is 0.0365. The van der Waals surface area contributed by atoms with Gasteiger partial charge in [0.1, 0.15) is 6.73 Å². The molecule has 3 nitrogen and oxygen atoms in total. The normalized spacial score (nSPS) is 19.1. The number of hydrogen-bond donors (Lipinski definition) is 2. The van der Waals surface area contributed by atoms with Gasteiger partial charge < -0.3 is 15.1 Å². The zero-order valence-electron chi connectivity index (χ0n) is 9.16. The number of benzene rings is 1. The first-order valence-electron chi connectivity index (χ1n) is 5.40. The Bertz CT molecular complexity index is 356. The third-order valence-electron chi connectivity index (χ3n) is 2.89. The monoisotopic (exact) mass is 205 g/mol. The Morgan fingerprint density at radius 1 is 1.53 bits per heavy atom. The Labute approximate surface area is 90.6 Å². The summed E-state index contributed by atoms with van der Waals surface area (Å²) in [6.45, 7) is 4.32. The van der Waals surface area contributed by atoms with Gasteiger partial charge in [0.25, 0.3) is 0 Å². The van der Waals surface area contributed by atoms with Crippen LogP contribution in [0.15, 0.2) is 18.2 Å². The highest BCUT2D eigenvalue weighted by Crippen LogP contribution is 2.28. The van der Waals surface area contributed by atoms with Crippen LogP contribution in [0.25, 0.3) is 0 Å². The Kier molecular flexibility index (Phi) is 2.98. The topological polar surface area (TPSA) is 41.5 Å². The number of hydrogen-bond acceptors (Lipinski definition) is 3. The van der Waals surface area contributed by atoms with Crippen LogP contribution in [0.2, 0.25) is 6.82 Å². The van der Waals surface area contributed by atoms with Crippen molar-refractivity contribution < 1.29 is 9.76 Å². The van der Waals surface area contributed by atoms with E-state index in [0.717, 1.165) is 12.1 Å². The summed E-state index contributed by atoms with van der Waals surface area (Å²) < 4.78 is 5.82. The van der Waals surface area contributed by atoms with Gasteiger partial charge in [0.15, 0.2) is 0 Å². The predicted octanol–water partition coefficient (Wildman–Crippen LogP) is 1.36. The fraction of sp³-hybridized carbons (Fsp3) is 0.455. The van der Waals surface area contributed by atoms with Crippen LogP contribution >= 0.6 is 0 Å². The second kappa shape index (κ2) is 4.25. The van der Waals surface area contributed by atoms with Gasteiger partial charge in [-0.2, -0.15) is 0 Å². The van der Waals surface area contributed by atoms with E-state index in [1.54, 1.807) is 0 Å². The second-order valence-corrected chi connectivity index (χ2v) is 3.85. The van der Waals surface area contributed by atoms with E-state index in [2.05, 4.69) is 31.2 Å². The smallest absolute Gasteiger partial charge is 0.324 e. The number of nitrogens with one attached hydrogen (secondary N) is 1. The van der Waals surface area contributed by atoms with Crippen molar-refractivity contribution in [2.75, 3.05) is 12.0 Å². The molecule has 0 amide bonds. The Morgan fingerprint density at radius 3 is 3.00 bits per heavy atom. The van der Waals surface area contributed by atoms with Gasteiger partial charge in [0, 0.05) is 5.69 Å². The Hall–Kier alpha value is -0.995. The van der Waals surface area contributed by atoms with E-state index >= 15 is 0 Å². The van der Waals surface area contributed by atoms with Crippen molar-refractivity contribution in [3.05, 3.63) is 23.8 Å². The quantitative estimate of drug-likeness (QED) is 0.578. The first-order valence-corrected chi connectivity index (χ1v) is 5.40. The molecule has 0 spiro atoms. The number of aliphatic hydroxyl groups excluding tert-OH is 1. The Morgan fingerprint density at radius 2 is 2.33 bits per heavy atom. The second-order valence-electron chi connectivity index (χ2n) is 3.85. The van der Waals surface area contributed by atoms with Crippen molar-refractivity contribution in [2.45, 2.75) is 26.3 Å². The maximum absolute atomic E-state index is 8.79. The molecule has 4 heteroatoms. The molecule has 1 heterocycles. The molecule has 1 aromatic carbocycles. The fourth-order valence-corrected chi connectivity index (χ4v) is 2.13. The lowest BCUT2D eigenvalue weighted by molar-refractivity contribution is 0.221. The van der Waals surface area contributed by atoms with Crippen molar-refractivity contribution in [2.24, 2.45) is 0 Å². The summed E-state index contributed by atoms with van der Waals surface area (Å²) in [5, 5.41) is 11.7. The van der Waals surface area contributed by atoms with E-state index in [9.17, 15) is 0 Å². The Balaban J connectivity index is 2.32. The van der Waals surface area contributed by atoms with E-state index in [-0.39, 0.29) is 19.8 Å². The molecule has 1 aromatic rings. The summed E-state index contributed by atoms with van der Waals surface area (Å²) in [5.41, 5.74) is 3.47. The minimum Gasteiger partial charge on any atom is -0.424 e. The SMILES string of the molecule is CC[C@H]1OB(C)c2cc(NCO)ccc21. The van der Waals surface area contributed by atoms with Gasteiger partial charge in [-0.1, -0.05) is 19.8 Å². The van der Waals surface area contributed by atoms with Crippen LogP contribution in [0.1, 0.15) is 25.0 Å². The first-order chi connectivity index (χ1) is 7.26. The van der Waals surface area contributed by atoms with Crippen LogP contribution in [0.5, 0.6) is 0 Å². The lowest BCUT2D eigenvalue weighted by Crippen LogP contribution is -2.24. The van der Waals surface area contributed by atoms with Crippen molar-refractivity contribution in [3.8, 4) is 0 Å². The summed E-state index contributed by atoms with van der Waals surface area (Å²) in [6.07, 6.45) is 1.24. The van der Waals surface area contributed by atoms with Crippen LogP contribution in [0, 0.1) is 0 Å². The molecule has 0 bridgehead atoms. The van der Waals surface area contributed by atoms with Gasteiger partial charge >= 0.3 is 6.92 Å². The van der Waals surface area contributed by atoms with E-state index in [1.165, 1.54) is 11.0 Å². The van der Waals surface area contributed by atoms with Gasteiger partial charge in [-0.05, 0) is 29.6 Å². The molecule has 0 radical (unpaired) electrons. The molecule has 1 aliphatic heterocycles. The molecule has 0 unspecified atom stereocenters. The average molecular weight is 205 g/mol. The maximum atomic E-state index is 8.79. The van der Waals surface area contributed by atoms with Crippen molar-refractivity contribution in [1.29, 1.82) is 0 Å². The highest BCUT2D eigenvalue weighted by molar-refractivity contribution is 6.67. The van der Waals surface area contributed by atoms with Crippen LogP contribution in [0.4, 0.5) is 5.69 Å². The van der Waals surface area contributed by atoms with Crippen molar-refractivity contribution in [1.82, 2.24) is 0 Å². The predicted molar refractivity (Wildman–Crippen MR) is 62.5 cm³/mol. The maximum Gasteiger partial charge on any atom is 0.324 e. The molecular weight excluding hydrogens is 189 g/mol. The van der Waals surface area contributed by atoms with Crippen molar-refractivity contribution >= 4 is 18.1 Å². The number of anilines is 1. The molecule has 0 saturated carbocycles. The standard InChI is InChI=1S/C11H16BNO2/c1-3-11-9-5-4-8(13-7-14)6-10(9)12(2)15-11/h4-6,11,13-14H,3,7H2,1-2H3/t11-/m1/s1. The van der Waals surface area contributed by atoms with E-state index in [4.69, 9.17) is 9.76 Å². The van der Waals surface area contributed by atoms with Crippen LogP contribution < -0.4 is 10.8 Å². The average Bonchev–Trinajstić information content (AvgIpc) is 2.56. The third-order valence-corrected chi connectivity index (χ3v) is 2.89. The summed E-state index contributed by atoms with van der Waals surface area (Å²) in [5.74, 6) is 0. The fourth-order valence-electron chi connectivity index (χ4n) is 2.13. The summed E-state index contributed by atoms with van der Waals surface area (Å²) >= 11 is 0. The molecule has 2 N–H and O–H groups in total. The lowest BCUT2D eigenvalue weighted by atomic mass is 9.64. The molecule has 2 rings (SSSR count). The molecule has 80 valence electrons. The van der Waals surface area contributed by atoms with Gasteiger partial charge in [0.05, 0.1) is 6.10 Å². The number of rotatable bonds is 3. The molecule has 0 aliphatic carbocycles. The molecule has 0 saturated heterocycles. The molecule has 15 heavy (non-hydrogen) atoms. The summed E-state index contributed by atoms with van der Waals surface area (Å²) in [4.78, 5) is 0. The minimum atomic E-state index is -0.0365. The van der Waals surface area contributed by atoms with Gasteiger partial charge in [0.2, 0.25) is 0 Å². The summed E-state index contributed by atoms with van der Waals surface area (Å²) in [7, 11) is 0. The van der Waals surface area contributed by atoms with E-state index < -0.39 is 0 Å². The largest absolute Gasteiger partial charge is 0.424 e. The molecule has 0 fully saturated rings. The van der Waals surface area contributed by atoms with Crippen LogP contribution in [0.3, 0.4) is 0 Å². The zero-order valence-corrected chi connectivity index (χ0v) is 9.16. The molecule has 0 aromatic heterocycles. The third kappa shape index (κ3) is 1.87. The van der Waals surface area contributed by atoms with Crippen molar-refractivity contribution in [3.63, 3.8) is 0 Å². The number of fused-ring (bicyclic) bond motifs is 1. The van der Waals surface area contributed by atoms with Gasteiger partial charge in [-0.15, -0.1) is 0 Å². The van der Waals surface area contributed by atoms with E-state index in [0.29, 0.717) is 0 Å². The highest BCUT2D eigenvalue weighted by Gasteiger charge is 2.30. The number of aliphatic hydroxyl groups is 1. The lowest BCUT2D eigenvalue weighted by Gasteiger charge is -2.09. The van der Waals surface area contributed by atoms with Gasteiger partial charge in [-0.25, -0.2) is 0 Å². The molecule has 1 aliphatic rings. The van der Waals surface area contributed by atoms with Crippen LogP contribution in [-0.2, 0) is 4.65 Å². The van der Waals surface area contributed by atoms with Gasteiger partial charge in [-0.3, -0.25) is 0 Å². The summed E-state index contributed by atoms with van der Waals surface area (Å²) in [6, 6.07) is 6.13. The highest BCUT2D eigenvalue weighted by atomic mass is 16.5. The van der Waals surface area contributed by atoms with Crippen LogP contribution in [-0.4, -0.2) is 18.8 Å². The van der Waals surface area contributed by atoms with E-state index in [1.807, 2.05) is 6.07 Å². The molecular formula is C11H16BNO2. The molecule has 1 atom stereocenters.